The molecule has 30 heavy (non-hydrogen) atoms. The molecule has 1 saturated heterocycles. The van der Waals surface area contributed by atoms with Crippen LogP contribution in [0.5, 0.6) is 0 Å². The molecule has 160 valence electrons. The molecule has 2 aromatic carbocycles. The van der Waals surface area contributed by atoms with E-state index >= 15 is 0 Å². The second kappa shape index (κ2) is 8.67. The number of alkyl halides is 3. The van der Waals surface area contributed by atoms with Crippen LogP contribution in [0.2, 0.25) is 0 Å². The number of hydrogen-bond donors (Lipinski definition) is 2. The fourth-order valence-corrected chi connectivity index (χ4v) is 4.08. The number of amides is 2. The third kappa shape index (κ3) is 5.13. The van der Waals surface area contributed by atoms with Gasteiger partial charge >= 0.3 is 12.3 Å². The van der Waals surface area contributed by atoms with Crippen LogP contribution in [0.25, 0.3) is 0 Å². The number of rotatable bonds is 3. The number of carboxylic acid groups (broad SMARTS) is 1. The minimum Gasteiger partial charge on any atom is -0.465 e. The van der Waals surface area contributed by atoms with Gasteiger partial charge in [0.15, 0.2) is 0 Å². The van der Waals surface area contributed by atoms with Crippen molar-refractivity contribution in [3.63, 3.8) is 0 Å². The predicted molar refractivity (Wildman–Crippen MR) is 109 cm³/mol. The van der Waals surface area contributed by atoms with E-state index in [1.807, 2.05) is 31.2 Å². The summed E-state index contributed by atoms with van der Waals surface area (Å²) in [5, 5.41) is 12.2. The first-order valence-corrected chi connectivity index (χ1v) is 10.1. The van der Waals surface area contributed by atoms with E-state index in [2.05, 4.69) is 21.2 Å². The normalized spacial score (nSPS) is 19.4. The summed E-state index contributed by atoms with van der Waals surface area (Å²) >= 11 is 3.03. The first-order chi connectivity index (χ1) is 14.0. The molecule has 2 amide bonds. The number of likely N-dealkylation sites (tertiary alicyclic amines) is 1. The van der Waals surface area contributed by atoms with Crippen molar-refractivity contribution >= 4 is 27.9 Å². The zero-order chi connectivity index (χ0) is 22.1. The molecule has 1 aliphatic heterocycles. The maximum absolute atomic E-state index is 13.1. The second-order valence-corrected chi connectivity index (χ2v) is 8.26. The Bertz CT molecular complexity index is 948. The number of piperidine rings is 1. The third-order valence-corrected chi connectivity index (χ3v) is 5.65. The Morgan fingerprint density at radius 3 is 2.43 bits per heavy atom. The van der Waals surface area contributed by atoms with Crippen LogP contribution in [0, 0.1) is 6.92 Å². The van der Waals surface area contributed by atoms with Crippen LogP contribution < -0.4 is 5.32 Å². The van der Waals surface area contributed by atoms with Gasteiger partial charge in [0.2, 0.25) is 0 Å². The lowest BCUT2D eigenvalue weighted by molar-refractivity contribution is -0.137. The van der Waals surface area contributed by atoms with E-state index in [0.29, 0.717) is 6.42 Å². The molecule has 0 radical (unpaired) electrons. The number of carbonyl (C=O) groups excluding carboxylic acids is 1. The zero-order valence-corrected chi connectivity index (χ0v) is 17.6. The van der Waals surface area contributed by atoms with Gasteiger partial charge in [-0.1, -0.05) is 45.8 Å². The van der Waals surface area contributed by atoms with E-state index in [1.54, 1.807) is 0 Å². The zero-order valence-electron chi connectivity index (χ0n) is 16.0. The van der Waals surface area contributed by atoms with Crippen LogP contribution in [-0.2, 0) is 6.18 Å². The van der Waals surface area contributed by atoms with Crippen LogP contribution >= 0.6 is 15.9 Å². The van der Waals surface area contributed by atoms with Crippen LogP contribution in [0.4, 0.5) is 18.0 Å². The Balaban J connectivity index is 1.86. The highest BCUT2D eigenvalue weighted by atomic mass is 79.9. The Kier molecular flexibility index (Phi) is 6.40. The van der Waals surface area contributed by atoms with Gasteiger partial charge in [-0.3, -0.25) is 4.79 Å². The summed E-state index contributed by atoms with van der Waals surface area (Å²) in [7, 11) is 0. The molecule has 0 bridgehead atoms. The van der Waals surface area contributed by atoms with E-state index in [0.717, 1.165) is 23.3 Å². The number of benzene rings is 2. The van der Waals surface area contributed by atoms with Crippen molar-refractivity contribution in [2.75, 3.05) is 13.1 Å². The Labute approximate surface area is 180 Å². The molecule has 9 heteroatoms. The lowest BCUT2D eigenvalue weighted by atomic mass is 9.85. The van der Waals surface area contributed by atoms with Crippen molar-refractivity contribution in [3.05, 3.63) is 69.2 Å². The van der Waals surface area contributed by atoms with Gasteiger partial charge in [0, 0.05) is 35.1 Å². The van der Waals surface area contributed by atoms with E-state index < -0.39 is 29.8 Å². The van der Waals surface area contributed by atoms with Crippen LogP contribution in [0.1, 0.15) is 39.4 Å². The number of nitrogens with one attached hydrogen (secondary N) is 1. The van der Waals surface area contributed by atoms with Gasteiger partial charge in [-0.05, 0) is 37.1 Å². The van der Waals surface area contributed by atoms with Gasteiger partial charge in [0.05, 0.1) is 5.56 Å². The van der Waals surface area contributed by atoms with Crippen molar-refractivity contribution in [1.29, 1.82) is 0 Å². The largest absolute Gasteiger partial charge is 0.465 e. The van der Waals surface area contributed by atoms with Crippen LogP contribution in [-0.4, -0.2) is 41.1 Å². The Morgan fingerprint density at radius 2 is 1.83 bits per heavy atom. The molecule has 3 rings (SSSR count). The molecule has 0 saturated carbocycles. The fraction of sp³-hybridized carbons (Fsp3) is 0.333. The maximum atomic E-state index is 13.1. The molecule has 2 aromatic rings. The Hall–Kier alpha value is -2.55. The van der Waals surface area contributed by atoms with Gasteiger partial charge in [-0.2, -0.15) is 13.2 Å². The molecule has 0 aliphatic carbocycles. The van der Waals surface area contributed by atoms with Crippen molar-refractivity contribution in [3.8, 4) is 0 Å². The quantitative estimate of drug-likeness (QED) is 0.640. The van der Waals surface area contributed by atoms with Gasteiger partial charge in [-0.15, -0.1) is 0 Å². The van der Waals surface area contributed by atoms with Gasteiger partial charge in [0.1, 0.15) is 0 Å². The van der Waals surface area contributed by atoms with Crippen molar-refractivity contribution in [1.82, 2.24) is 10.2 Å². The second-order valence-electron chi connectivity index (χ2n) is 7.34. The number of aryl methyl sites for hydroxylation is 1. The summed E-state index contributed by atoms with van der Waals surface area (Å²) in [6.07, 6.45) is -5.26. The van der Waals surface area contributed by atoms with Crippen LogP contribution in [0.3, 0.4) is 0 Å². The summed E-state index contributed by atoms with van der Waals surface area (Å²) in [4.78, 5) is 25.5. The molecular weight excluding hydrogens is 465 g/mol. The van der Waals surface area contributed by atoms with Crippen molar-refractivity contribution in [2.24, 2.45) is 0 Å². The molecule has 0 spiro atoms. The van der Waals surface area contributed by atoms with Gasteiger partial charge in [0.25, 0.3) is 5.91 Å². The first kappa shape index (κ1) is 22.1. The monoisotopic (exact) mass is 484 g/mol. The molecule has 0 aromatic heterocycles. The minimum atomic E-state index is -4.57. The summed E-state index contributed by atoms with van der Waals surface area (Å²) in [5.74, 6) is -0.943. The number of carbonyl (C=O) groups is 2. The number of hydrogen-bond acceptors (Lipinski definition) is 2. The summed E-state index contributed by atoms with van der Waals surface area (Å²) < 4.78 is 39.4. The predicted octanol–water partition coefficient (Wildman–Crippen LogP) is 5.04. The number of nitrogens with zero attached hydrogens (tertiary/aromatic N) is 1. The van der Waals surface area contributed by atoms with Gasteiger partial charge < -0.3 is 15.3 Å². The fourth-order valence-electron chi connectivity index (χ4n) is 3.59. The van der Waals surface area contributed by atoms with E-state index in [1.165, 1.54) is 11.0 Å². The highest BCUT2D eigenvalue weighted by Gasteiger charge is 2.35. The lowest BCUT2D eigenvalue weighted by Gasteiger charge is -2.38. The molecular formula is C21H20BrF3N2O3. The first-order valence-electron chi connectivity index (χ1n) is 9.27. The highest BCUT2D eigenvalue weighted by molar-refractivity contribution is 9.10. The third-order valence-electron chi connectivity index (χ3n) is 5.19. The molecule has 1 heterocycles. The number of halogens is 4. The smallest absolute Gasteiger partial charge is 0.416 e. The summed E-state index contributed by atoms with van der Waals surface area (Å²) in [6, 6.07) is 10.2. The van der Waals surface area contributed by atoms with Crippen molar-refractivity contribution in [2.45, 2.75) is 31.5 Å². The van der Waals surface area contributed by atoms with E-state index in [4.69, 9.17) is 0 Å². The van der Waals surface area contributed by atoms with Crippen LogP contribution in [0.15, 0.2) is 46.9 Å². The average Bonchev–Trinajstić information content (AvgIpc) is 2.67. The molecule has 1 aliphatic rings. The molecule has 2 unspecified atom stereocenters. The summed E-state index contributed by atoms with van der Waals surface area (Å²) in [5.41, 5.74) is 0.874. The highest BCUT2D eigenvalue weighted by Crippen LogP contribution is 2.33. The topological polar surface area (TPSA) is 69.6 Å². The lowest BCUT2D eigenvalue weighted by Crippen LogP contribution is -2.51. The van der Waals surface area contributed by atoms with Crippen molar-refractivity contribution < 1.29 is 27.9 Å². The average molecular weight is 485 g/mol. The Morgan fingerprint density at radius 1 is 1.17 bits per heavy atom. The SMILES string of the molecule is Cc1ccc(C2CN(C(=O)O)CCC2NC(=O)c2cc(Br)cc(C(F)(F)F)c2)cc1. The molecule has 5 nitrogen and oxygen atoms in total. The van der Waals surface area contributed by atoms with Gasteiger partial charge in [-0.25, -0.2) is 4.79 Å². The van der Waals surface area contributed by atoms with E-state index in [-0.39, 0.29) is 29.0 Å². The minimum absolute atomic E-state index is 0.111. The molecule has 2 atom stereocenters. The maximum Gasteiger partial charge on any atom is 0.416 e. The van der Waals surface area contributed by atoms with E-state index in [9.17, 15) is 27.9 Å². The summed E-state index contributed by atoms with van der Waals surface area (Å²) in [6.45, 7) is 2.35. The standard InChI is InChI=1S/C21H20BrF3N2O3/c1-12-2-4-13(5-3-12)17-11-27(20(29)30)7-6-18(17)26-19(28)14-8-15(21(23,24)25)10-16(22)9-14/h2-5,8-10,17-18H,6-7,11H2,1H3,(H,26,28)(H,29,30). The molecule has 1 fully saturated rings. The molecule has 2 N–H and O–H groups in total.